The highest BCUT2D eigenvalue weighted by Gasteiger charge is 2.12. The Morgan fingerprint density at radius 2 is 2.35 bits per heavy atom. The molecule has 0 saturated heterocycles. The summed E-state index contributed by atoms with van der Waals surface area (Å²) in [5, 5.41) is 2.45. The standard InChI is InChI=1S/C11H9BrN2O2S/c1-2-16-11(15)8-6-17-10(14-8)7-3-4-9(12)13-5-7/h3-6H,2H2,1H3. The molecule has 0 aliphatic carbocycles. The van der Waals surface area contributed by atoms with Crippen molar-refractivity contribution in [3.05, 3.63) is 34.0 Å². The molecule has 0 aliphatic rings. The number of thiazole rings is 1. The molecule has 0 aliphatic heterocycles. The molecule has 0 atom stereocenters. The average molecular weight is 313 g/mol. The number of rotatable bonds is 3. The van der Waals surface area contributed by atoms with Crippen LogP contribution in [0.1, 0.15) is 17.4 Å². The van der Waals surface area contributed by atoms with Crippen LogP contribution in [0, 0.1) is 0 Å². The van der Waals surface area contributed by atoms with Crippen LogP contribution in [0.4, 0.5) is 0 Å². The Bertz CT molecular complexity index is 525. The average Bonchev–Trinajstić information content (AvgIpc) is 2.80. The van der Waals surface area contributed by atoms with E-state index < -0.39 is 0 Å². The maximum Gasteiger partial charge on any atom is 0.357 e. The van der Waals surface area contributed by atoms with E-state index in [0.29, 0.717) is 12.3 Å². The van der Waals surface area contributed by atoms with Gasteiger partial charge in [-0.1, -0.05) is 0 Å². The zero-order chi connectivity index (χ0) is 12.3. The molecule has 0 saturated carbocycles. The molecule has 0 N–H and O–H groups in total. The summed E-state index contributed by atoms with van der Waals surface area (Å²) in [7, 11) is 0. The van der Waals surface area contributed by atoms with E-state index >= 15 is 0 Å². The molecule has 0 unspecified atom stereocenters. The molecule has 6 heteroatoms. The van der Waals surface area contributed by atoms with Crippen molar-refractivity contribution < 1.29 is 9.53 Å². The van der Waals surface area contributed by atoms with E-state index in [4.69, 9.17) is 4.74 Å². The summed E-state index contributed by atoms with van der Waals surface area (Å²) in [5.74, 6) is -0.389. The lowest BCUT2D eigenvalue weighted by Crippen LogP contribution is -2.04. The molecule has 2 aromatic heterocycles. The van der Waals surface area contributed by atoms with Crippen LogP contribution in [0.15, 0.2) is 28.3 Å². The lowest BCUT2D eigenvalue weighted by molar-refractivity contribution is 0.0520. The number of aromatic nitrogens is 2. The number of pyridine rings is 1. The lowest BCUT2D eigenvalue weighted by atomic mass is 10.3. The number of halogens is 1. The molecule has 88 valence electrons. The summed E-state index contributed by atoms with van der Waals surface area (Å²) in [6.45, 7) is 2.12. The van der Waals surface area contributed by atoms with Crippen molar-refractivity contribution in [3.63, 3.8) is 0 Å². The van der Waals surface area contributed by atoms with Crippen LogP contribution in [0.3, 0.4) is 0 Å². The molecule has 2 rings (SSSR count). The van der Waals surface area contributed by atoms with Crippen molar-refractivity contribution in [2.75, 3.05) is 6.61 Å². The number of carbonyl (C=O) groups excluding carboxylic acids is 1. The molecular formula is C11H9BrN2O2S. The second-order valence-electron chi connectivity index (χ2n) is 3.13. The minimum atomic E-state index is -0.389. The minimum Gasteiger partial charge on any atom is -0.461 e. The zero-order valence-electron chi connectivity index (χ0n) is 9.01. The highest BCUT2D eigenvalue weighted by molar-refractivity contribution is 9.10. The van der Waals surface area contributed by atoms with Gasteiger partial charge in [0, 0.05) is 17.1 Å². The zero-order valence-corrected chi connectivity index (χ0v) is 11.4. The Labute approximate surface area is 111 Å². The normalized spacial score (nSPS) is 10.2. The van der Waals surface area contributed by atoms with Gasteiger partial charge in [-0.25, -0.2) is 14.8 Å². The molecule has 0 spiro atoms. The minimum absolute atomic E-state index is 0.342. The molecule has 0 bridgehead atoms. The van der Waals surface area contributed by atoms with E-state index in [-0.39, 0.29) is 5.97 Å². The summed E-state index contributed by atoms with van der Waals surface area (Å²) in [4.78, 5) is 19.8. The molecule has 2 aromatic rings. The highest BCUT2D eigenvalue weighted by Crippen LogP contribution is 2.24. The van der Waals surface area contributed by atoms with Crippen molar-refractivity contribution in [2.24, 2.45) is 0 Å². The van der Waals surface area contributed by atoms with Crippen LogP contribution in [0.2, 0.25) is 0 Å². The number of hydrogen-bond donors (Lipinski definition) is 0. The van der Waals surface area contributed by atoms with E-state index in [1.54, 1.807) is 18.5 Å². The predicted molar refractivity (Wildman–Crippen MR) is 69.0 cm³/mol. The summed E-state index contributed by atoms with van der Waals surface area (Å²) in [6.07, 6.45) is 1.71. The number of hydrogen-bond acceptors (Lipinski definition) is 5. The van der Waals surface area contributed by atoms with E-state index in [1.165, 1.54) is 11.3 Å². The van der Waals surface area contributed by atoms with Crippen LogP contribution in [-0.4, -0.2) is 22.5 Å². The number of carbonyl (C=O) groups is 1. The van der Waals surface area contributed by atoms with Gasteiger partial charge in [-0.05, 0) is 35.0 Å². The molecule has 4 nitrogen and oxygen atoms in total. The topological polar surface area (TPSA) is 52.1 Å². The van der Waals surface area contributed by atoms with Crippen LogP contribution in [0.25, 0.3) is 10.6 Å². The number of esters is 1. The van der Waals surface area contributed by atoms with Gasteiger partial charge < -0.3 is 4.74 Å². The van der Waals surface area contributed by atoms with Gasteiger partial charge in [-0.2, -0.15) is 0 Å². The van der Waals surface area contributed by atoms with Gasteiger partial charge in [0.2, 0.25) is 0 Å². The van der Waals surface area contributed by atoms with E-state index in [9.17, 15) is 4.79 Å². The first-order chi connectivity index (χ1) is 8.20. The summed E-state index contributed by atoms with van der Waals surface area (Å²) >= 11 is 4.66. The number of nitrogens with zero attached hydrogens (tertiary/aromatic N) is 2. The third kappa shape index (κ3) is 2.89. The molecule has 17 heavy (non-hydrogen) atoms. The van der Waals surface area contributed by atoms with Crippen molar-refractivity contribution >= 4 is 33.2 Å². The fraction of sp³-hybridized carbons (Fsp3) is 0.182. The first-order valence-corrected chi connectivity index (χ1v) is 6.62. The molecule has 0 fully saturated rings. The van der Waals surface area contributed by atoms with Gasteiger partial charge >= 0.3 is 5.97 Å². The van der Waals surface area contributed by atoms with Gasteiger partial charge in [0.15, 0.2) is 5.69 Å². The molecular weight excluding hydrogens is 304 g/mol. The van der Waals surface area contributed by atoms with Crippen LogP contribution >= 0.6 is 27.3 Å². The predicted octanol–water partition coefficient (Wildman–Crippen LogP) is 3.14. The fourth-order valence-electron chi connectivity index (χ4n) is 1.21. The highest BCUT2D eigenvalue weighted by atomic mass is 79.9. The molecule has 0 radical (unpaired) electrons. The van der Waals surface area contributed by atoms with Gasteiger partial charge in [0.05, 0.1) is 6.61 Å². The molecule has 2 heterocycles. The van der Waals surface area contributed by atoms with Crippen molar-refractivity contribution in [1.29, 1.82) is 0 Å². The largest absolute Gasteiger partial charge is 0.461 e. The van der Waals surface area contributed by atoms with Crippen LogP contribution in [-0.2, 0) is 4.74 Å². The van der Waals surface area contributed by atoms with E-state index in [2.05, 4.69) is 25.9 Å². The first-order valence-electron chi connectivity index (χ1n) is 4.95. The maximum absolute atomic E-state index is 11.4. The number of ether oxygens (including phenoxy) is 1. The summed E-state index contributed by atoms with van der Waals surface area (Å²) in [6, 6.07) is 3.73. The van der Waals surface area contributed by atoms with E-state index in [1.807, 2.05) is 12.1 Å². The third-order valence-electron chi connectivity index (χ3n) is 1.96. The van der Waals surface area contributed by atoms with Gasteiger partial charge in [0.1, 0.15) is 9.61 Å². The maximum atomic E-state index is 11.4. The SMILES string of the molecule is CCOC(=O)c1csc(-c2ccc(Br)nc2)n1. The quantitative estimate of drug-likeness (QED) is 0.645. The van der Waals surface area contributed by atoms with Crippen LogP contribution in [0.5, 0.6) is 0 Å². The second-order valence-corrected chi connectivity index (χ2v) is 4.80. The Morgan fingerprint density at radius 1 is 1.53 bits per heavy atom. The smallest absolute Gasteiger partial charge is 0.357 e. The van der Waals surface area contributed by atoms with Crippen molar-refractivity contribution in [3.8, 4) is 10.6 Å². The van der Waals surface area contributed by atoms with Crippen molar-refractivity contribution in [2.45, 2.75) is 6.92 Å². The molecule has 0 aromatic carbocycles. The Morgan fingerprint density at radius 3 is 3.00 bits per heavy atom. The van der Waals surface area contributed by atoms with Gasteiger partial charge in [-0.3, -0.25) is 0 Å². The summed E-state index contributed by atoms with van der Waals surface area (Å²) in [5.41, 5.74) is 1.23. The Balaban J connectivity index is 2.23. The monoisotopic (exact) mass is 312 g/mol. The van der Waals surface area contributed by atoms with Gasteiger partial charge in [-0.15, -0.1) is 11.3 Å². The van der Waals surface area contributed by atoms with Crippen molar-refractivity contribution in [1.82, 2.24) is 9.97 Å². The van der Waals surface area contributed by atoms with E-state index in [0.717, 1.165) is 15.2 Å². The lowest BCUT2D eigenvalue weighted by Gasteiger charge is -1.97. The molecule has 0 amide bonds. The first kappa shape index (κ1) is 12.2. The Kier molecular flexibility index (Phi) is 3.86. The van der Waals surface area contributed by atoms with Gasteiger partial charge in [0.25, 0.3) is 0 Å². The Hall–Kier alpha value is -1.27. The summed E-state index contributed by atoms with van der Waals surface area (Å²) < 4.78 is 5.65. The fourth-order valence-corrected chi connectivity index (χ4v) is 2.22. The third-order valence-corrected chi connectivity index (χ3v) is 3.32. The van der Waals surface area contributed by atoms with Crippen LogP contribution < -0.4 is 0 Å². The second kappa shape index (κ2) is 5.37.